The molecule has 0 spiro atoms. The van der Waals surface area contributed by atoms with Crippen LogP contribution in [0.4, 0.5) is 0 Å². The lowest BCUT2D eigenvalue weighted by Crippen LogP contribution is -2.35. The Balaban J connectivity index is 4.37. The summed E-state index contributed by atoms with van der Waals surface area (Å²) < 4.78 is 0. The van der Waals surface area contributed by atoms with Gasteiger partial charge in [-0.3, -0.25) is 5.32 Å². The van der Waals surface area contributed by atoms with Gasteiger partial charge < -0.3 is 0 Å². The molecule has 1 atom stereocenters. The minimum Gasteiger partial charge on any atom is -0.283 e. The van der Waals surface area contributed by atoms with Gasteiger partial charge in [-0.15, -0.1) is 0 Å². The second kappa shape index (κ2) is 13.1. The van der Waals surface area contributed by atoms with Crippen LogP contribution in [0.3, 0.4) is 0 Å². The van der Waals surface area contributed by atoms with Crippen LogP contribution in [0.5, 0.6) is 0 Å². The van der Waals surface area contributed by atoms with Crippen molar-refractivity contribution in [3.05, 3.63) is 0 Å². The molecule has 1 N–H and O–H groups in total. The Morgan fingerprint density at radius 1 is 0.700 bits per heavy atom. The second-order valence-corrected chi connectivity index (χ2v) is 11.2. The molecule has 0 aliphatic carbocycles. The number of nitrogens with one attached hydrogen (secondary N) is 1. The zero-order chi connectivity index (χ0) is 15.3. The zero-order valence-corrected chi connectivity index (χ0v) is 15.9. The van der Waals surface area contributed by atoms with E-state index in [1.807, 2.05) is 0 Å². The van der Waals surface area contributed by atoms with Gasteiger partial charge in [0.05, 0.1) is 18.5 Å². The fraction of sp³-hybridized carbons (Fsp3) is 1.00. The Hall–Kier alpha value is 0.390. The van der Waals surface area contributed by atoms with Gasteiger partial charge >= 0.3 is 0 Å². The van der Waals surface area contributed by atoms with Gasteiger partial charge in [0.15, 0.2) is 0 Å². The summed E-state index contributed by atoms with van der Waals surface area (Å²) in [6, 6.07) is 0. The molecule has 1 unspecified atom stereocenters. The molecule has 0 radical (unpaired) electrons. The molecule has 122 valence electrons. The third kappa shape index (κ3) is 7.41. The van der Waals surface area contributed by atoms with Gasteiger partial charge in [0.25, 0.3) is 0 Å². The maximum atomic E-state index is 3.98. The Morgan fingerprint density at radius 2 is 1.25 bits per heavy atom. The molecule has 1 nitrogen and oxygen atoms in total. The van der Waals surface area contributed by atoms with Crippen LogP contribution in [-0.2, 0) is 0 Å². The van der Waals surface area contributed by atoms with Crippen molar-refractivity contribution in [2.24, 2.45) is 0 Å². The van der Waals surface area contributed by atoms with Crippen LogP contribution in [0.1, 0.15) is 86.0 Å². The minimum absolute atomic E-state index is 0.756. The first kappa shape index (κ1) is 20.4. The molecule has 0 saturated carbocycles. The Bertz CT molecular complexity index is 193. The average molecular weight is 303 g/mol. The van der Waals surface area contributed by atoms with Crippen molar-refractivity contribution in [1.29, 1.82) is 0 Å². The third-order valence-corrected chi connectivity index (χ3v) is 10.6. The zero-order valence-electron chi connectivity index (χ0n) is 15.0. The SMILES string of the molecule is CCCCCCNC(CCCCC)[P+](CC)(CC)CC. The molecule has 0 aliphatic heterocycles. The predicted octanol–water partition coefficient (Wildman–Crippen LogP) is 6.14. The summed E-state index contributed by atoms with van der Waals surface area (Å²) in [5, 5.41) is 3.98. The van der Waals surface area contributed by atoms with Crippen molar-refractivity contribution in [3.8, 4) is 0 Å². The first-order chi connectivity index (χ1) is 9.70. The van der Waals surface area contributed by atoms with Crippen LogP contribution >= 0.6 is 7.26 Å². The highest BCUT2D eigenvalue weighted by Gasteiger charge is 2.39. The van der Waals surface area contributed by atoms with Gasteiger partial charge in [0, 0.05) is 7.26 Å². The van der Waals surface area contributed by atoms with E-state index < -0.39 is 7.26 Å². The predicted molar refractivity (Wildman–Crippen MR) is 98.6 cm³/mol. The molecule has 2 heteroatoms. The van der Waals surface area contributed by atoms with E-state index in [1.54, 1.807) is 0 Å². The van der Waals surface area contributed by atoms with Crippen molar-refractivity contribution < 1.29 is 0 Å². The number of rotatable bonds is 14. The highest BCUT2D eigenvalue weighted by Crippen LogP contribution is 2.62. The lowest BCUT2D eigenvalue weighted by Gasteiger charge is -2.33. The van der Waals surface area contributed by atoms with Gasteiger partial charge in [-0.2, -0.15) is 0 Å². The van der Waals surface area contributed by atoms with Crippen molar-refractivity contribution in [2.45, 2.75) is 91.8 Å². The maximum Gasteiger partial charge on any atom is 0.119 e. The van der Waals surface area contributed by atoms with Crippen LogP contribution < -0.4 is 5.32 Å². The molecule has 0 fully saturated rings. The Kier molecular flexibility index (Phi) is 13.3. The summed E-state index contributed by atoms with van der Waals surface area (Å²) in [5.41, 5.74) is 0. The van der Waals surface area contributed by atoms with E-state index in [0.717, 1.165) is 5.78 Å². The molecular formula is C18H41NP+. The van der Waals surface area contributed by atoms with Gasteiger partial charge in [-0.1, -0.05) is 46.0 Å². The highest BCUT2D eigenvalue weighted by atomic mass is 31.2. The lowest BCUT2D eigenvalue weighted by molar-refractivity contribution is 0.530. The summed E-state index contributed by atoms with van der Waals surface area (Å²) >= 11 is 0. The van der Waals surface area contributed by atoms with E-state index in [1.165, 1.54) is 76.4 Å². The summed E-state index contributed by atoms with van der Waals surface area (Å²) in [4.78, 5) is 0. The number of unbranched alkanes of at least 4 members (excludes halogenated alkanes) is 5. The van der Waals surface area contributed by atoms with Crippen LogP contribution in [0.2, 0.25) is 0 Å². The summed E-state index contributed by atoms with van der Waals surface area (Å²) in [7, 11) is -0.756. The van der Waals surface area contributed by atoms with Crippen LogP contribution in [0.25, 0.3) is 0 Å². The molecule has 0 aromatic heterocycles. The molecule has 0 saturated heterocycles. The Labute approximate surface area is 130 Å². The topological polar surface area (TPSA) is 12.0 Å². The summed E-state index contributed by atoms with van der Waals surface area (Å²) in [6.07, 6.45) is 15.4. The molecular weight excluding hydrogens is 261 g/mol. The average Bonchev–Trinajstić information content (AvgIpc) is 2.48. The first-order valence-corrected chi connectivity index (χ1v) is 11.7. The molecule has 0 heterocycles. The second-order valence-electron chi connectivity index (χ2n) is 6.19. The van der Waals surface area contributed by atoms with E-state index in [2.05, 4.69) is 39.9 Å². The number of hydrogen-bond acceptors (Lipinski definition) is 1. The standard InChI is InChI=1S/C18H41NP/c1-6-11-13-15-17-19-18(16-14-12-7-2)20(8-3,9-4)10-5/h18-19H,6-17H2,1-5H3/q+1. The van der Waals surface area contributed by atoms with Crippen molar-refractivity contribution in [2.75, 3.05) is 25.0 Å². The molecule has 0 aromatic carbocycles. The molecule has 20 heavy (non-hydrogen) atoms. The van der Waals surface area contributed by atoms with Crippen molar-refractivity contribution in [1.82, 2.24) is 5.32 Å². The molecule has 0 rings (SSSR count). The normalized spacial score (nSPS) is 13.7. The van der Waals surface area contributed by atoms with Crippen molar-refractivity contribution >= 4 is 7.26 Å². The van der Waals surface area contributed by atoms with Gasteiger partial charge in [-0.05, 0) is 46.6 Å². The van der Waals surface area contributed by atoms with E-state index in [-0.39, 0.29) is 0 Å². The monoisotopic (exact) mass is 302 g/mol. The molecule has 0 bridgehead atoms. The molecule has 0 aromatic rings. The fourth-order valence-electron chi connectivity index (χ4n) is 3.31. The summed E-state index contributed by atoms with van der Waals surface area (Å²) in [6.45, 7) is 13.2. The van der Waals surface area contributed by atoms with Crippen LogP contribution in [0.15, 0.2) is 0 Å². The van der Waals surface area contributed by atoms with Gasteiger partial charge in [0.2, 0.25) is 0 Å². The highest BCUT2D eigenvalue weighted by molar-refractivity contribution is 7.76. The number of hydrogen-bond donors (Lipinski definition) is 1. The molecule has 0 aliphatic rings. The largest absolute Gasteiger partial charge is 0.283 e. The minimum atomic E-state index is -0.756. The first-order valence-electron chi connectivity index (χ1n) is 9.29. The summed E-state index contributed by atoms with van der Waals surface area (Å²) in [5.74, 6) is 0.843. The molecule has 0 amide bonds. The fourth-order valence-corrected chi connectivity index (χ4v) is 7.22. The smallest absolute Gasteiger partial charge is 0.119 e. The van der Waals surface area contributed by atoms with E-state index in [4.69, 9.17) is 0 Å². The van der Waals surface area contributed by atoms with E-state index in [9.17, 15) is 0 Å². The van der Waals surface area contributed by atoms with Crippen LogP contribution in [0, 0.1) is 0 Å². The Morgan fingerprint density at radius 3 is 1.75 bits per heavy atom. The third-order valence-electron chi connectivity index (χ3n) is 5.04. The lowest BCUT2D eigenvalue weighted by atomic mass is 10.2. The van der Waals surface area contributed by atoms with E-state index in [0.29, 0.717) is 0 Å². The van der Waals surface area contributed by atoms with E-state index >= 15 is 0 Å². The van der Waals surface area contributed by atoms with Gasteiger partial charge in [-0.25, -0.2) is 0 Å². The van der Waals surface area contributed by atoms with Crippen molar-refractivity contribution in [3.63, 3.8) is 0 Å². The quantitative estimate of drug-likeness (QED) is 0.300. The maximum absolute atomic E-state index is 3.98. The van der Waals surface area contributed by atoms with Crippen LogP contribution in [-0.4, -0.2) is 30.8 Å². The van der Waals surface area contributed by atoms with Gasteiger partial charge in [0.1, 0.15) is 5.78 Å².